The third-order valence-corrected chi connectivity index (χ3v) is 2.64. The van der Waals surface area contributed by atoms with Crippen LogP contribution in [-0.2, 0) is 16.6 Å². The number of Topliss-reactive ketones (excluding diaryl/α,β-unsaturated/α-hetero) is 1. The zero-order chi connectivity index (χ0) is 12.8. The molecule has 0 aliphatic carbocycles. The van der Waals surface area contributed by atoms with Crippen molar-refractivity contribution in [1.29, 1.82) is 0 Å². The maximum atomic E-state index is 12.1. The molecular formula is C12H18N2O3. The molecule has 5 heteroatoms. The van der Waals surface area contributed by atoms with Crippen LogP contribution in [0.25, 0.3) is 0 Å². The number of rotatable bonds is 6. The fraction of sp³-hybridized carbons (Fsp3) is 0.583. The van der Waals surface area contributed by atoms with Crippen LogP contribution in [0.15, 0.2) is 12.4 Å². The lowest BCUT2D eigenvalue weighted by Gasteiger charge is -2.11. The van der Waals surface area contributed by atoms with E-state index >= 15 is 0 Å². The molecule has 1 aromatic heterocycles. The Morgan fingerprint density at radius 2 is 2.24 bits per heavy atom. The first-order valence-corrected chi connectivity index (χ1v) is 5.70. The summed E-state index contributed by atoms with van der Waals surface area (Å²) >= 11 is 0. The lowest BCUT2D eigenvalue weighted by molar-refractivity contribution is -0.143. The van der Waals surface area contributed by atoms with Crippen molar-refractivity contribution in [3.05, 3.63) is 18.0 Å². The molecule has 1 rings (SSSR count). The standard InChI is InChI=1S/C12H18N2O3/c1-4-5-6-10(12(16)17-3)11(15)9-7-13-14(2)8-9/h7-8,10H,4-6H2,1-3H3. The number of ether oxygens (including phenoxy) is 1. The van der Waals surface area contributed by atoms with Gasteiger partial charge in [-0.3, -0.25) is 14.3 Å². The molecule has 0 radical (unpaired) electrons. The summed E-state index contributed by atoms with van der Waals surface area (Å²) in [4.78, 5) is 23.7. The number of esters is 1. The first kappa shape index (κ1) is 13.4. The molecule has 0 bridgehead atoms. The van der Waals surface area contributed by atoms with Gasteiger partial charge in [0.05, 0.1) is 18.9 Å². The van der Waals surface area contributed by atoms with E-state index in [2.05, 4.69) is 9.84 Å². The van der Waals surface area contributed by atoms with Gasteiger partial charge < -0.3 is 4.74 Å². The van der Waals surface area contributed by atoms with E-state index < -0.39 is 11.9 Å². The smallest absolute Gasteiger partial charge is 0.316 e. The summed E-state index contributed by atoms with van der Waals surface area (Å²) in [6.45, 7) is 2.02. The highest BCUT2D eigenvalue weighted by Gasteiger charge is 2.28. The lowest BCUT2D eigenvalue weighted by Crippen LogP contribution is -2.25. The van der Waals surface area contributed by atoms with E-state index in [9.17, 15) is 9.59 Å². The van der Waals surface area contributed by atoms with Gasteiger partial charge in [-0.15, -0.1) is 0 Å². The molecule has 0 saturated carbocycles. The van der Waals surface area contributed by atoms with Crippen molar-refractivity contribution in [1.82, 2.24) is 9.78 Å². The van der Waals surface area contributed by atoms with Crippen LogP contribution in [0.5, 0.6) is 0 Å². The van der Waals surface area contributed by atoms with Gasteiger partial charge in [0, 0.05) is 13.2 Å². The van der Waals surface area contributed by atoms with Crippen molar-refractivity contribution in [2.24, 2.45) is 13.0 Å². The molecule has 1 aromatic rings. The quantitative estimate of drug-likeness (QED) is 0.429. The predicted molar refractivity (Wildman–Crippen MR) is 62.6 cm³/mol. The zero-order valence-corrected chi connectivity index (χ0v) is 10.5. The average molecular weight is 238 g/mol. The number of methoxy groups -OCH3 is 1. The topological polar surface area (TPSA) is 61.2 Å². The molecule has 0 spiro atoms. The molecule has 0 N–H and O–H groups in total. The van der Waals surface area contributed by atoms with E-state index in [1.165, 1.54) is 13.3 Å². The summed E-state index contributed by atoms with van der Waals surface area (Å²) in [6, 6.07) is 0. The Bertz CT molecular complexity index is 398. The number of aryl methyl sites for hydroxylation is 1. The highest BCUT2D eigenvalue weighted by atomic mass is 16.5. The molecule has 0 aliphatic heterocycles. The van der Waals surface area contributed by atoms with E-state index in [0.717, 1.165) is 12.8 Å². The van der Waals surface area contributed by atoms with Gasteiger partial charge in [0.1, 0.15) is 5.92 Å². The number of hydrogen-bond acceptors (Lipinski definition) is 4. The molecule has 0 amide bonds. The summed E-state index contributed by atoms with van der Waals surface area (Å²) in [7, 11) is 3.04. The summed E-state index contributed by atoms with van der Waals surface area (Å²) in [5.74, 6) is -1.38. The van der Waals surface area contributed by atoms with E-state index in [1.807, 2.05) is 6.92 Å². The number of hydrogen-bond donors (Lipinski definition) is 0. The number of ketones is 1. The molecule has 1 atom stereocenters. The van der Waals surface area contributed by atoms with E-state index in [4.69, 9.17) is 0 Å². The highest BCUT2D eigenvalue weighted by molar-refractivity contribution is 6.08. The minimum absolute atomic E-state index is 0.210. The van der Waals surface area contributed by atoms with Gasteiger partial charge in [-0.05, 0) is 6.42 Å². The fourth-order valence-electron chi connectivity index (χ4n) is 1.66. The molecule has 0 aliphatic rings. The van der Waals surface area contributed by atoms with Gasteiger partial charge in [-0.2, -0.15) is 5.10 Å². The number of nitrogens with zero attached hydrogens (tertiary/aromatic N) is 2. The molecule has 0 aromatic carbocycles. The number of unbranched alkanes of at least 4 members (excludes halogenated alkanes) is 1. The number of carbonyl (C=O) groups is 2. The van der Waals surface area contributed by atoms with Crippen molar-refractivity contribution >= 4 is 11.8 Å². The minimum atomic E-state index is -0.704. The van der Waals surface area contributed by atoms with Crippen LogP contribution >= 0.6 is 0 Å². The first-order valence-electron chi connectivity index (χ1n) is 5.70. The lowest BCUT2D eigenvalue weighted by atomic mass is 9.94. The maximum absolute atomic E-state index is 12.1. The summed E-state index contributed by atoms with van der Waals surface area (Å²) in [6.07, 6.45) is 5.38. The number of carbonyl (C=O) groups excluding carboxylic acids is 2. The second-order valence-corrected chi connectivity index (χ2v) is 3.98. The second-order valence-electron chi connectivity index (χ2n) is 3.98. The summed E-state index contributed by atoms with van der Waals surface area (Å²) in [5, 5.41) is 3.93. The van der Waals surface area contributed by atoms with Crippen molar-refractivity contribution in [3.8, 4) is 0 Å². The van der Waals surface area contributed by atoms with E-state index in [0.29, 0.717) is 12.0 Å². The fourth-order valence-corrected chi connectivity index (χ4v) is 1.66. The van der Waals surface area contributed by atoms with E-state index in [-0.39, 0.29) is 5.78 Å². The molecule has 1 heterocycles. The molecule has 17 heavy (non-hydrogen) atoms. The molecule has 0 fully saturated rings. The molecule has 5 nitrogen and oxygen atoms in total. The summed E-state index contributed by atoms with van der Waals surface area (Å²) < 4.78 is 6.21. The third kappa shape index (κ3) is 3.41. The minimum Gasteiger partial charge on any atom is -0.468 e. The SMILES string of the molecule is CCCCC(C(=O)OC)C(=O)c1cnn(C)c1. The van der Waals surface area contributed by atoms with Crippen LogP contribution in [0, 0.1) is 5.92 Å². The first-order chi connectivity index (χ1) is 8.10. The highest BCUT2D eigenvalue weighted by Crippen LogP contribution is 2.16. The van der Waals surface area contributed by atoms with Crippen LogP contribution in [0.1, 0.15) is 36.5 Å². The van der Waals surface area contributed by atoms with E-state index in [1.54, 1.807) is 17.9 Å². The van der Waals surface area contributed by atoms with Gasteiger partial charge in [0.15, 0.2) is 5.78 Å². The second kappa shape index (κ2) is 6.18. The Balaban J connectivity index is 2.82. The number of aromatic nitrogens is 2. The predicted octanol–water partition coefficient (Wildman–Crippen LogP) is 1.58. The van der Waals surface area contributed by atoms with Crippen molar-refractivity contribution < 1.29 is 14.3 Å². The normalized spacial score (nSPS) is 12.2. The monoisotopic (exact) mass is 238 g/mol. The van der Waals surface area contributed by atoms with Gasteiger partial charge in [0.2, 0.25) is 0 Å². The Kier molecular flexibility index (Phi) is 4.87. The average Bonchev–Trinajstić information content (AvgIpc) is 2.75. The molecule has 94 valence electrons. The Labute approximate surface area is 101 Å². The van der Waals surface area contributed by atoms with Crippen LogP contribution in [0.2, 0.25) is 0 Å². The maximum Gasteiger partial charge on any atom is 0.316 e. The van der Waals surface area contributed by atoms with Crippen molar-refractivity contribution in [2.45, 2.75) is 26.2 Å². The molecule has 1 unspecified atom stereocenters. The van der Waals surface area contributed by atoms with Crippen LogP contribution < -0.4 is 0 Å². The Hall–Kier alpha value is -1.65. The van der Waals surface area contributed by atoms with Gasteiger partial charge in [0.25, 0.3) is 0 Å². The van der Waals surface area contributed by atoms with Crippen molar-refractivity contribution in [2.75, 3.05) is 7.11 Å². The van der Waals surface area contributed by atoms with Crippen LogP contribution in [-0.4, -0.2) is 28.6 Å². The van der Waals surface area contributed by atoms with Crippen molar-refractivity contribution in [3.63, 3.8) is 0 Å². The van der Waals surface area contributed by atoms with Crippen LogP contribution in [0.4, 0.5) is 0 Å². The van der Waals surface area contributed by atoms with Gasteiger partial charge in [-0.25, -0.2) is 0 Å². The zero-order valence-electron chi connectivity index (χ0n) is 10.5. The third-order valence-electron chi connectivity index (χ3n) is 2.64. The van der Waals surface area contributed by atoms with Gasteiger partial charge >= 0.3 is 5.97 Å². The van der Waals surface area contributed by atoms with Crippen LogP contribution in [0.3, 0.4) is 0 Å². The Morgan fingerprint density at radius 1 is 1.53 bits per heavy atom. The largest absolute Gasteiger partial charge is 0.468 e. The molecular weight excluding hydrogens is 220 g/mol. The van der Waals surface area contributed by atoms with Gasteiger partial charge in [-0.1, -0.05) is 19.8 Å². The molecule has 0 saturated heterocycles. The summed E-state index contributed by atoms with van der Waals surface area (Å²) in [5.41, 5.74) is 0.457. The Morgan fingerprint density at radius 3 is 2.71 bits per heavy atom.